The Hall–Kier alpha value is -2.67. The summed E-state index contributed by atoms with van der Waals surface area (Å²) in [6.45, 7) is 0.712. The van der Waals surface area contributed by atoms with E-state index in [0.717, 1.165) is 22.4 Å². The van der Waals surface area contributed by atoms with Crippen LogP contribution in [-0.2, 0) is 13.6 Å². The number of nitrogens with one attached hydrogen (secondary N) is 1. The minimum atomic E-state index is 0.712. The Labute approximate surface area is 130 Å². The molecule has 4 aromatic rings. The molecule has 0 aliphatic carbocycles. The molecule has 0 aromatic carbocycles. The lowest BCUT2D eigenvalue weighted by Crippen LogP contribution is -2.01. The number of anilines is 1. The van der Waals surface area contributed by atoms with Crippen LogP contribution in [-0.4, -0.2) is 19.7 Å². The fraction of sp³-hybridized carbons (Fsp3) is 0.133. The Balaban J connectivity index is 1.55. The maximum atomic E-state index is 5.12. The molecule has 1 N–H and O–H groups in total. The van der Waals surface area contributed by atoms with Gasteiger partial charge in [0.05, 0.1) is 30.7 Å². The maximum absolute atomic E-state index is 5.12. The molecule has 0 radical (unpaired) electrons. The highest BCUT2D eigenvalue weighted by Gasteiger charge is 2.08. The molecule has 0 aliphatic rings. The van der Waals surface area contributed by atoms with E-state index in [1.165, 1.54) is 10.4 Å². The summed E-state index contributed by atoms with van der Waals surface area (Å²) >= 11 is 1.71. The molecule has 0 bridgehead atoms. The van der Waals surface area contributed by atoms with Crippen LogP contribution in [0.25, 0.3) is 22.2 Å². The van der Waals surface area contributed by atoms with Crippen LogP contribution in [0.4, 0.5) is 5.82 Å². The van der Waals surface area contributed by atoms with Crippen LogP contribution in [0, 0.1) is 0 Å². The van der Waals surface area contributed by atoms with Crippen LogP contribution in [0.3, 0.4) is 0 Å². The molecule has 4 rings (SSSR count). The summed E-state index contributed by atoms with van der Waals surface area (Å²) in [6, 6.07) is 4.12. The van der Waals surface area contributed by atoms with Crippen molar-refractivity contribution < 1.29 is 4.42 Å². The van der Waals surface area contributed by atoms with Crippen molar-refractivity contribution in [2.24, 2.45) is 7.05 Å². The number of aryl methyl sites for hydroxylation is 1. The Kier molecular flexibility index (Phi) is 3.12. The van der Waals surface area contributed by atoms with Gasteiger partial charge in [0, 0.05) is 17.5 Å². The van der Waals surface area contributed by atoms with Gasteiger partial charge in [0.2, 0.25) is 0 Å². The number of thiophene rings is 1. The Bertz CT molecular complexity index is 909. The van der Waals surface area contributed by atoms with E-state index in [0.29, 0.717) is 6.54 Å². The zero-order valence-electron chi connectivity index (χ0n) is 11.9. The van der Waals surface area contributed by atoms with Crippen LogP contribution >= 0.6 is 11.3 Å². The average Bonchev–Trinajstić information content (AvgIpc) is 3.26. The van der Waals surface area contributed by atoms with Crippen molar-refractivity contribution in [2.75, 3.05) is 5.32 Å². The summed E-state index contributed by atoms with van der Waals surface area (Å²) in [5.74, 6) is 0.802. The third-order valence-corrected chi connectivity index (χ3v) is 4.40. The van der Waals surface area contributed by atoms with Crippen LogP contribution in [0.1, 0.15) is 4.88 Å². The third kappa shape index (κ3) is 2.25. The molecular weight excluding hydrogens is 298 g/mol. The van der Waals surface area contributed by atoms with Crippen molar-refractivity contribution in [1.82, 2.24) is 19.7 Å². The van der Waals surface area contributed by atoms with E-state index in [2.05, 4.69) is 31.8 Å². The molecule has 6 nitrogen and oxygen atoms in total. The van der Waals surface area contributed by atoms with E-state index in [4.69, 9.17) is 4.42 Å². The minimum absolute atomic E-state index is 0.712. The first-order chi connectivity index (χ1) is 10.8. The van der Waals surface area contributed by atoms with Gasteiger partial charge in [-0.15, -0.1) is 11.3 Å². The standard InChI is InChI=1S/C15H13N5OS/c1-20-15-13(6-19-20)14(17-9-18-15)16-5-12-4-11(8-22-12)10-2-3-21-7-10/h2-4,6-9H,5H2,1H3,(H,16,17,18). The van der Waals surface area contributed by atoms with Gasteiger partial charge in [0.1, 0.15) is 12.1 Å². The summed E-state index contributed by atoms with van der Waals surface area (Å²) in [7, 11) is 1.87. The molecule has 7 heteroatoms. The van der Waals surface area contributed by atoms with Gasteiger partial charge >= 0.3 is 0 Å². The number of furan rings is 1. The van der Waals surface area contributed by atoms with Gasteiger partial charge in [0.15, 0.2) is 5.65 Å². The van der Waals surface area contributed by atoms with Crippen LogP contribution < -0.4 is 5.32 Å². The smallest absolute Gasteiger partial charge is 0.163 e. The molecule has 0 amide bonds. The average molecular weight is 311 g/mol. The first-order valence-corrected chi connectivity index (χ1v) is 7.66. The molecule has 22 heavy (non-hydrogen) atoms. The highest BCUT2D eigenvalue weighted by Crippen LogP contribution is 2.27. The molecule has 0 spiro atoms. The number of aromatic nitrogens is 4. The molecule has 110 valence electrons. The SMILES string of the molecule is Cn1ncc2c(NCc3cc(-c4ccoc4)cs3)ncnc21. The third-order valence-electron chi connectivity index (χ3n) is 3.47. The van der Waals surface area contributed by atoms with Crippen molar-refractivity contribution >= 4 is 28.2 Å². The predicted octanol–water partition coefficient (Wildman–Crippen LogP) is 3.30. The Morgan fingerprint density at radius 1 is 1.32 bits per heavy atom. The lowest BCUT2D eigenvalue weighted by atomic mass is 10.2. The summed E-state index contributed by atoms with van der Waals surface area (Å²) in [4.78, 5) is 9.77. The summed E-state index contributed by atoms with van der Waals surface area (Å²) in [5.41, 5.74) is 3.09. The monoisotopic (exact) mass is 311 g/mol. The lowest BCUT2D eigenvalue weighted by molar-refractivity contribution is 0.568. The van der Waals surface area contributed by atoms with Crippen molar-refractivity contribution in [1.29, 1.82) is 0 Å². The highest BCUT2D eigenvalue weighted by atomic mass is 32.1. The molecule has 4 heterocycles. The zero-order chi connectivity index (χ0) is 14.9. The lowest BCUT2D eigenvalue weighted by Gasteiger charge is -2.04. The molecular formula is C15H13N5OS. The second-order valence-corrected chi connectivity index (χ2v) is 5.89. The summed E-state index contributed by atoms with van der Waals surface area (Å²) < 4.78 is 6.86. The molecule has 0 saturated carbocycles. The van der Waals surface area contributed by atoms with E-state index in [9.17, 15) is 0 Å². The molecule has 0 aliphatic heterocycles. The number of hydrogen-bond donors (Lipinski definition) is 1. The van der Waals surface area contributed by atoms with Gasteiger partial charge in [-0.25, -0.2) is 9.97 Å². The van der Waals surface area contributed by atoms with Crippen LogP contribution in [0.5, 0.6) is 0 Å². The number of rotatable bonds is 4. The Morgan fingerprint density at radius 2 is 2.27 bits per heavy atom. The fourth-order valence-corrected chi connectivity index (χ4v) is 3.16. The van der Waals surface area contributed by atoms with Crippen LogP contribution in [0.15, 0.2) is 47.0 Å². The second-order valence-electron chi connectivity index (χ2n) is 4.90. The number of nitrogens with zero attached hydrogens (tertiary/aromatic N) is 4. The van der Waals surface area contributed by atoms with Crippen molar-refractivity contribution in [3.05, 3.63) is 47.4 Å². The van der Waals surface area contributed by atoms with Gasteiger partial charge in [-0.1, -0.05) is 0 Å². The summed E-state index contributed by atoms with van der Waals surface area (Å²) in [5, 5.41) is 10.6. The topological polar surface area (TPSA) is 68.8 Å². The fourth-order valence-electron chi connectivity index (χ4n) is 2.33. The molecule has 0 saturated heterocycles. The zero-order valence-corrected chi connectivity index (χ0v) is 12.7. The predicted molar refractivity (Wildman–Crippen MR) is 85.7 cm³/mol. The first-order valence-electron chi connectivity index (χ1n) is 6.78. The van der Waals surface area contributed by atoms with Gasteiger partial charge in [-0.3, -0.25) is 4.68 Å². The van der Waals surface area contributed by atoms with Crippen molar-refractivity contribution in [3.8, 4) is 11.1 Å². The Morgan fingerprint density at radius 3 is 3.14 bits per heavy atom. The van der Waals surface area contributed by atoms with Crippen molar-refractivity contribution in [2.45, 2.75) is 6.54 Å². The second kappa shape index (κ2) is 5.27. The summed E-state index contributed by atoms with van der Waals surface area (Å²) in [6.07, 6.45) is 6.77. The van der Waals surface area contributed by atoms with Gasteiger partial charge in [0.25, 0.3) is 0 Å². The quantitative estimate of drug-likeness (QED) is 0.626. The molecule has 4 aromatic heterocycles. The molecule has 0 unspecified atom stereocenters. The van der Waals surface area contributed by atoms with Gasteiger partial charge < -0.3 is 9.73 Å². The number of fused-ring (bicyclic) bond motifs is 1. The first kappa shape index (κ1) is 13.0. The van der Waals surface area contributed by atoms with Crippen molar-refractivity contribution in [3.63, 3.8) is 0 Å². The van der Waals surface area contributed by atoms with Gasteiger partial charge in [-0.2, -0.15) is 5.10 Å². The number of hydrogen-bond acceptors (Lipinski definition) is 6. The van der Waals surface area contributed by atoms with E-state index in [1.807, 2.05) is 13.1 Å². The maximum Gasteiger partial charge on any atom is 0.163 e. The van der Waals surface area contributed by atoms with E-state index in [-0.39, 0.29) is 0 Å². The van der Waals surface area contributed by atoms with Gasteiger partial charge in [-0.05, 0) is 23.1 Å². The van der Waals surface area contributed by atoms with Crippen LogP contribution in [0.2, 0.25) is 0 Å². The van der Waals surface area contributed by atoms with E-state index >= 15 is 0 Å². The normalized spacial score (nSPS) is 11.1. The molecule has 0 atom stereocenters. The highest BCUT2D eigenvalue weighted by molar-refractivity contribution is 7.10. The largest absolute Gasteiger partial charge is 0.472 e. The minimum Gasteiger partial charge on any atom is -0.472 e. The van der Waals surface area contributed by atoms with E-state index in [1.54, 1.807) is 41.1 Å². The van der Waals surface area contributed by atoms with E-state index < -0.39 is 0 Å². The molecule has 0 fully saturated rings.